The predicted octanol–water partition coefficient (Wildman–Crippen LogP) is 3.89. The van der Waals surface area contributed by atoms with Crippen LogP contribution in [0.3, 0.4) is 0 Å². The maximum absolute atomic E-state index is 5.77. The molecule has 0 rings (SSSR count). The molecule has 0 aliphatic carbocycles. The van der Waals surface area contributed by atoms with E-state index in [1.165, 1.54) is 37.7 Å². The zero-order chi connectivity index (χ0) is 11.0. The molecule has 0 amide bonds. The van der Waals surface area contributed by atoms with Gasteiger partial charge in [-0.2, -0.15) is 0 Å². The number of allylic oxidation sites excluding steroid dienone is 1. The number of nitrogens with two attached hydrogens (primary N) is 1. The van der Waals surface area contributed by atoms with E-state index in [9.17, 15) is 0 Å². The first-order valence-corrected chi connectivity index (χ1v) is 5.98. The van der Waals surface area contributed by atoms with Gasteiger partial charge in [-0.15, -0.1) is 0 Å². The van der Waals surface area contributed by atoms with Gasteiger partial charge in [-0.1, -0.05) is 38.3 Å². The van der Waals surface area contributed by atoms with Crippen LogP contribution < -0.4 is 5.73 Å². The number of rotatable bonds is 8. The van der Waals surface area contributed by atoms with Gasteiger partial charge in [0.05, 0.1) is 0 Å². The molecular formula is C13H27N. The fourth-order valence-corrected chi connectivity index (χ4v) is 1.74. The summed E-state index contributed by atoms with van der Waals surface area (Å²) >= 11 is 0. The molecule has 0 saturated carbocycles. The van der Waals surface area contributed by atoms with Crippen LogP contribution in [0.5, 0.6) is 0 Å². The van der Waals surface area contributed by atoms with E-state index in [2.05, 4.69) is 27.4 Å². The van der Waals surface area contributed by atoms with E-state index in [4.69, 9.17) is 5.73 Å². The van der Waals surface area contributed by atoms with Gasteiger partial charge in [-0.25, -0.2) is 0 Å². The van der Waals surface area contributed by atoms with Gasteiger partial charge in [0.25, 0.3) is 0 Å². The van der Waals surface area contributed by atoms with E-state index in [-0.39, 0.29) is 0 Å². The summed E-state index contributed by atoms with van der Waals surface area (Å²) in [6.45, 7) is 10.6. The molecule has 0 radical (unpaired) electrons. The molecule has 0 aromatic rings. The SMILES string of the molecule is C=C(C)C(CCCCC)CCC(C)N. The molecule has 0 saturated heterocycles. The Bertz CT molecular complexity index is 149. The highest BCUT2D eigenvalue weighted by Gasteiger charge is 2.09. The first-order valence-electron chi connectivity index (χ1n) is 5.98. The Morgan fingerprint density at radius 3 is 2.29 bits per heavy atom. The van der Waals surface area contributed by atoms with E-state index in [0.29, 0.717) is 12.0 Å². The molecule has 0 heterocycles. The van der Waals surface area contributed by atoms with E-state index in [0.717, 1.165) is 6.42 Å². The second-order valence-corrected chi connectivity index (χ2v) is 4.59. The Morgan fingerprint density at radius 2 is 1.86 bits per heavy atom. The fraction of sp³-hybridized carbons (Fsp3) is 0.846. The lowest BCUT2D eigenvalue weighted by atomic mass is 9.89. The van der Waals surface area contributed by atoms with Crippen molar-refractivity contribution in [3.63, 3.8) is 0 Å². The maximum Gasteiger partial charge on any atom is 0.00106 e. The Labute approximate surface area is 89.8 Å². The zero-order valence-electron chi connectivity index (χ0n) is 10.2. The lowest BCUT2D eigenvalue weighted by Crippen LogP contribution is -2.16. The minimum atomic E-state index is 0.336. The van der Waals surface area contributed by atoms with Crippen molar-refractivity contribution in [3.05, 3.63) is 12.2 Å². The molecule has 0 aliphatic heterocycles. The topological polar surface area (TPSA) is 26.0 Å². The molecule has 0 fully saturated rings. The molecular weight excluding hydrogens is 170 g/mol. The predicted molar refractivity (Wildman–Crippen MR) is 65.3 cm³/mol. The number of hydrogen-bond donors (Lipinski definition) is 1. The molecule has 0 aliphatic rings. The summed E-state index contributed by atoms with van der Waals surface area (Å²) in [5, 5.41) is 0. The molecule has 2 atom stereocenters. The molecule has 2 N–H and O–H groups in total. The van der Waals surface area contributed by atoms with Crippen molar-refractivity contribution in [3.8, 4) is 0 Å². The van der Waals surface area contributed by atoms with Gasteiger partial charge in [-0.05, 0) is 39.0 Å². The Hall–Kier alpha value is -0.300. The lowest BCUT2D eigenvalue weighted by molar-refractivity contribution is 0.453. The summed E-state index contributed by atoms with van der Waals surface area (Å²) < 4.78 is 0. The summed E-state index contributed by atoms with van der Waals surface area (Å²) in [4.78, 5) is 0. The lowest BCUT2D eigenvalue weighted by Gasteiger charge is -2.17. The molecule has 0 spiro atoms. The average molecular weight is 197 g/mol. The molecule has 1 nitrogen and oxygen atoms in total. The van der Waals surface area contributed by atoms with Crippen molar-refractivity contribution in [1.82, 2.24) is 0 Å². The van der Waals surface area contributed by atoms with Crippen LogP contribution in [-0.2, 0) is 0 Å². The molecule has 0 bridgehead atoms. The van der Waals surface area contributed by atoms with Crippen molar-refractivity contribution >= 4 is 0 Å². The second kappa shape index (κ2) is 8.05. The second-order valence-electron chi connectivity index (χ2n) is 4.59. The van der Waals surface area contributed by atoms with E-state index in [1.807, 2.05) is 0 Å². The van der Waals surface area contributed by atoms with Gasteiger partial charge >= 0.3 is 0 Å². The van der Waals surface area contributed by atoms with Crippen LogP contribution in [0.1, 0.15) is 59.3 Å². The highest BCUT2D eigenvalue weighted by Crippen LogP contribution is 2.22. The summed E-state index contributed by atoms with van der Waals surface area (Å²) in [6, 6.07) is 0.336. The van der Waals surface area contributed by atoms with Crippen molar-refractivity contribution in [2.75, 3.05) is 0 Å². The van der Waals surface area contributed by atoms with Crippen molar-refractivity contribution in [1.29, 1.82) is 0 Å². The van der Waals surface area contributed by atoms with Gasteiger partial charge in [0.1, 0.15) is 0 Å². The third-order valence-electron chi connectivity index (χ3n) is 2.82. The maximum atomic E-state index is 5.77. The van der Waals surface area contributed by atoms with Crippen molar-refractivity contribution in [2.24, 2.45) is 11.7 Å². The quantitative estimate of drug-likeness (QED) is 0.464. The van der Waals surface area contributed by atoms with Gasteiger partial charge in [0.15, 0.2) is 0 Å². The van der Waals surface area contributed by atoms with Crippen LogP contribution >= 0.6 is 0 Å². The highest BCUT2D eigenvalue weighted by molar-refractivity contribution is 4.96. The van der Waals surface area contributed by atoms with E-state index < -0.39 is 0 Å². The van der Waals surface area contributed by atoms with Crippen LogP contribution in [0.15, 0.2) is 12.2 Å². The van der Waals surface area contributed by atoms with Crippen molar-refractivity contribution < 1.29 is 0 Å². The molecule has 0 aromatic carbocycles. The number of unbranched alkanes of at least 4 members (excludes halogenated alkanes) is 2. The first kappa shape index (κ1) is 13.7. The molecule has 0 aromatic heterocycles. The molecule has 1 heteroatoms. The van der Waals surface area contributed by atoms with Gasteiger partial charge < -0.3 is 5.73 Å². The third-order valence-corrected chi connectivity index (χ3v) is 2.82. The fourth-order valence-electron chi connectivity index (χ4n) is 1.74. The summed E-state index contributed by atoms with van der Waals surface area (Å²) in [7, 11) is 0. The summed E-state index contributed by atoms with van der Waals surface area (Å²) in [6.07, 6.45) is 7.64. The third kappa shape index (κ3) is 7.14. The van der Waals surface area contributed by atoms with Gasteiger partial charge in [0.2, 0.25) is 0 Å². The largest absolute Gasteiger partial charge is 0.328 e. The summed E-state index contributed by atoms with van der Waals surface area (Å²) in [5.74, 6) is 0.701. The Morgan fingerprint density at radius 1 is 1.21 bits per heavy atom. The monoisotopic (exact) mass is 197 g/mol. The minimum absolute atomic E-state index is 0.336. The van der Waals surface area contributed by atoms with Crippen LogP contribution in [0.2, 0.25) is 0 Å². The average Bonchev–Trinajstić information content (AvgIpc) is 2.10. The first-order chi connectivity index (χ1) is 6.57. The molecule has 84 valence electrons. The Kier molecular flexibility index (Phi) is 7.87. The van der Waals surface area contributed by atoms with Crippen LogP contribution in [-0.4, -0.2) is 6.04 Å². The van der Waals surface area contributed by atoms with Crippen LogP contribution in [0.25, 0.3) is 0 Å². The van der Waals surface area contributed by atoms with Gasteiger partial charge in [-0.3, -0.25) is 0 Å². The minimum Gasteiger partial charge on any atom is -0.328 e. The standard InChI is InChI=1S/C13H27N/c1-5-6-7-8-13(11(2)3)10-9-12(4)14/h12-13H,2,5-10,14H2,1,3-4H3. The van der Waals surface area contributed by atoms with E-state index >= 15 is 0 Å². The Balaban J connectivity index is 3.72. The molecule has 14 heavy (non-hydrogen) atoms. The number of hydrogen-bond acceptors (Lipinski definition) is 1. The smallest absolute Gasteiger partial charge is 0.00106 e. The summed E-state index contributed by atoms with van der Waals surface area (Å²) in [5.41, 5.74) is 7.10. The highest BCUT2D eigenvalue weighted by atomic mass is 14.6. The molecule has 2 unspecified atom stereocenters. The normalized spacial score (nSPS) is 15.1. The van der Waals surface area contributed by atoms with Gasteiger partial charge in [0, 0.05) is 6.04 Å². The van der Waals surface area contributed by atoms with Crippen LogP contribution in [0.4, 0.5) is 0 Å². The zero-order valence-corrected chi connectivity index (χ0v) is 10.2. The van der Waals surface area contributed by atoms with Crippen molar-refractivity contribution in [2.45, 2.75) is 65.3 Å². The van der Waals surface area contributed by atoms with E-state index in [1.54, 1.807) is 0 Å². The van der Waals surface area contributed by atoms with Crippen LogP contribution in [0, 0.1) is 5.92 Å².